The highest BCUT2D eigenvalue weighted by atomic mass is 35.5. The van der Waals surface area contributed by atoms with E-state index in [1.54, 1.807) is 4.72 Å². The Morgan fingerprint density at radius 2 is 1.60 bits per heavy atom. The zero-order valence-corrected chi connectivity index (χ0v) is 24.5. The Bertz CT molecular complexity index is 1580. The molecule has 0 unspecified atom stereocenters. The molecule has 3 rings (SSSR count). The predicted molar refractivity (Wildman–Crippen MR) is 150 cm³/mol. The number of carbonyl (C=O) groups is 4. The minimum atomic E-state index is -4.54. The standard InChI is InChI=1S/C17H20N6O7S.C6H3Cl2NO2/c1-23(2)15(25)11-6-5-10(18-9-24)7-12(11)31(27,28)22-17(26)21-16-19-13(29-3)8-14(20-16)30-4;7-3-1-2-4(8)9-5(3)6(10)11/h5-9H,1-4H3,(H,18,24)(H2,19,20,21,22,26);1-2H,(H,10,11). The normalized spacial score (nSPS) is 10.3. The van der Waals surface area contributed by atoms with Crippen LogP contribution in [0.3, 0.4) is 0 Å². The molecule has 4 N–H and O–H groups in total. The molecule has 2 heterocycles. The lowest BCUT2D eigenvalue weighted by Gasteiger charge is -2.16. The van der Waals surface area contributed by atoms with Gasteiger partial charge < -0.3 is 24.8 Å². The summed E-state index contributed by atoms with van der Waals surface area (Å²) in [5, 5.41) is 13.1. The smallest absolute Gasteiger partial charge is 0.356 e. The number of sulfonamides is 1. The first-order chi connectivity index (χ1) is 19.7. The first-order valence-corrected chi connectivity index (χ1v) is 13.4. The van der Waals surface area contributed by atoms with Crippen LogP contribution < -0.4 is 24.8 Å². The van der Waals surface area contributed by atoms with Crippen molar-refractivity contribution in [2.45, 2.75) is 4.90 Å². The molecule has 4 amide bonds. The van der Waals surface area contributed by atoms with Gasteiger partial charge in [0.25, 0.3) is 15.9 Å². The van der Waals surface area contributed by atoms with E-state index in [4.69, 9.17) is 37.8 Å². The fraction of sp³-hybridized carbons (Fsp3) is 0.174. The number of benzene rings is 1. The van der Waals surface area contributed by atoms with Gasteiger partial charge in [0.2, 0.25) is 24.1 Å². The minimum Gasteiger partial charge on any atom is -0.481 e. The molecule has 0 saturated carbocycles. The summed E-state index contributed by atoms with van der Waals surface area (Å²) in [4.78, 5) is 57.6. The number of carboxylic acids is 1. The molecule has 1 aromatic carbocycles. The molecule has 0 aliphatic rings. The SMILES string of the molecule is COc1cc(OC)nc(NC(=O)NS(=O)(=O)c2cc(NC=O)ccc2C(=O)N(C)C)n1.O=C(O)c1nc(Cl)ccc1Cl. The van der Waals surface area contributed by atoms with Crippen molar-refractivity contribution in [1.82, 2.24) is 24.6 Å². The second-order valence-electron chi connectivity index (χ2n) is 7.78. The molecule has 0 aliphatic carbocycles. The van der Waals surface area contributed by atoms with E-state index < -0.39 is 32.8 Å². The van der Waals surface area contributed by atoms with Crippen LogP contribution in [-0.2, 0) is 14.8 Å². The number of nitrogens with zero attached hydrogens (tertiary/aromatic N) is 4. The van der Waals surface area contributed by atoms with Gasteiger partial charge in [-0.15, -0.1) is 0 Å². The molecule has 224 valence electrons. The van der Waals surface area contributed by atoms with Crippen LogP contribution in [0.4, 0.5) is 16.4 Å². The zero-order valence-electron chi connectivity index (χ0n) is 22.2. The van der Waals surface area contributed by atoms with Gasteiger partial charge in [-0.1, -0.05) is 23.2 Å². The fourth-order valence-corrected chi connectivity index (χ4v) is 4.33. The summed E-state index contributed by atoms with van der Waals surface area (Å²) in [5.74, 6) is -1.96. The Morgan fingerprint density at radius 3 is 2.10 bits per heavy atom. The summed E-state index contributed by atoms with van der Waals surface area (Å²) in [6.45, 7) is 0. The van der Waals surface area contributed by atoms with Gasteiger partial charge in [-0.05, 0) is 30.3 Å². The Hall–Kier alpha value is -4.74. The van der Waals surface area contributed by atoms with Crippen molar-refractivity contribution >= 4 is 69.2 Å². The molecule has 16 nitrogen and oxygen atoms in total. The lowest BCUT2D eigenvalue weighted by Crippen LogP contribution is -2.36. The molecule has 0 saturated heterocycles. The molecule has 0 spiro atoms. The van der Waals surface area contributed by atoms with Gasteiger partial charge in [0.1, 0.15) is 10.0 Å². The van der Waals surface area contributed by atoms with E-state index in [0.29, 0.717) is 6.41 Å². The van der Waals surface area contributed by atoms with Gasteiger partial charge >= 0.3 is 12.0 Å². The monoisotopic (exact) mass is 643 g/mol. The summed E-state index contributed by atoms with van der Waals surface area (Å²) in [7, 11) is 0.991. The van der Waals surface area contributed by atoms with Crippen LogP contribution in [0.5, 0.6) is 11.8 Å². The molecular weight excluding hydrogens is 621 g/mol. The number of carboxylic acid groups (broad SMARTS) is 1. The summed E-state index contributed by atoms with van der Waals surface area (Å²) >= 11 is 10.9. The quantitative estimate of drug-likeness (QED) is 0.195. The Kier molecular flexibility index (Phi) is 11.8. The van der Waals surface area contributed by atoms with E-state index in [9.17, 15) is 27.6 Å². The number of aromatic nitrogens is 3. The number of ether oxygens (including phenoxy) is 2. The number of amides is 4. The largest absolute Gasteiger partial charge is 0.481 e. The second-order valence-corrected chi connectivity index (χ2v) is 10.2. The van der Waals surface area contributed by atoms with E-state index in [0.717, 1.165) is 11.0 Å². The molecule has 0 fully saturated rings. The maximum Gasteiger partial charge on any atom is 0.356 e. The van der Waals surface area contributed by atoms with Crippen molar-refractivity contribution in [3.63, 3.8) is 0 Å². The van der Waals surface area contributed by atoms with Gasteiger partial charge in [-0.3, -0.25) is 14.9 Å². The maximum absolute atomic E-state index is 12.8. The Labute approximate surface area is 249 Å². The number of pyridine rings is 1. The third kappa shape index (κ3) is 9.15. The van der Waals surface area contributed by atoms with Crippen molar-refractivity contribution in [3.05, 3.63) is 57.8 Å². The highest BCUT2D eigenvalue weighted by Crippen LogP contribution is 2.22. The summed E-state index contributed by atoms with van der Waals surface area (Å²) in [5.41, 5.74) is -0.327. The van der Waals surface area contributed by atoms with Crippen LogP contribution in [0.25, 0.3) is 0 Å². The van der Waals surface area contributed by atoms with Crippen molar-refractivity contribution in [2.24, 2.45) is 0 Å². The van der Waals surface area contributed by atoms with Crippen molar-refractivity contribution < 1.29 is 42.2 Å². The van der Waals surface area contributed by atoms with Crippen LogP contribution >= 0.6 is 23.2 Å². The van der Waals surface area contributed by atoms with E-state index in [1.165, 1.54) is 58.6 Å². The average Bonchev–Trinajstić information content (AvgIpc) is 2.93. The number of halogens is 2. The summed E-state index contributed by atoms with van der Waals surface area (Å²) in [6.07, 6.45) is 0.340. The molecule has 3 aromatic rings. The molecule has 0 atom stereocenters. The van der Waals surface area contributed by atoms with Crippen LogP contribution in [0, 0.1) is 0 Å². The number of hydrogen-bond acceptors (Lipinski definition) is 11. The van der Waals surface area contributed by atoms with Crippen molar-refractivity contribution in [3.8, 4) is 11.8 Å². The molecule has 42 heavy (non-hydrogen) atoms. The molecule has 0 bridgehead atoms. The molecule has 2 aromatic heterocycles. The predicted octanol–water partition coefficient (Wildman–Crippen LogP) is 2.36. The van der Waals surface area contributed by atoms with E-state index in [-0.39, 0.29) is 44.8 Å². The number of hydrogen-bond donors (Lipinski definition) is 4. The number of nitrogens with one attached hydrogen (secondary N) is 3. The van der Waals surface area contributed by atoms with Crippen LogP contribution in [0.1, 0.15) is 20.8 Å². The fourth-order valence-electron chi connectivity index (χ4n) is 2.86. The number of anilines is 2. The molecule has 0 radical (unpaired) electrons. The molecular formula is C23H23Cl2N7O9S. The third-order valence-corrected chi connectivity index (χ3v) is 6.58. The number of carbonyl (C=O) groups excluding carboxylic acids is 3. The number of aromatic carboxylic acids is 1. The molecule has 19 heteroatoms. The highest BCUT2D eigenvalue weighted by Gasteiger charge is 2.26. The van der Waals surface area contributed by atoms with Gasteiger partial charge in [0.05, 0.1) is 30.9 Å². The lowest BCUT2D eigenvalue weighted by molar-refractivity contribution is -0.105. The van der Waals surface area contributed by atoms with Crippen molar-refractivity contribution in [1.29, 1.82) is 0 Å². The number of rotatable bonds is 9. The highest BCUT2D eigenvalue weighted by molar-refractivity contribution is 7.90. The van der Waals surface area contributed by atoms with E-state index in [2.05, 4.69) is 25.6 Å². The van der Waals surface area contributed by atoms with Gasteiger partial charge in [-0.25, -0.2) is 27.7 Å². The minimum absolute atomic E-state index is 0.0662. The van der Waals surface area contributed by atoms with Gasteiger partial charge in [0, 0.05) is 19.8 Å². The maximum atomic E-state index is 12.8. The third-order valence-electron chi connectivity index (χ3n) is 4.70. The van der Waals surface area contributed by atoms with Gasteiger partial charge in [0.15, 0.2) is 5.69 Å². The lowest BCUT2D eigenvalue weighted by atomic mass is 10.2. The van der Waals surface area contributed by atoms with Crippen LogP contribution in [0.2, 0.25) is 10.2 Å². The van der Waals surface area contributed by atoms with Crippen molar-refractivity contribution in [2.75, 3.05) is 38.9 Å². The number of urea groups is 1. The first kappa shape index (κ1) is 33.5. The number of methoxy groups -OCH3 is 2. The Balaban J connectivity index is 0.000000468. The summed E-state index contributed by atoms with van der Waals surface area (Å²) in [6, 6.07) is 6.58. The Morgan fingerprint density at radius 1 is 0.976 bits per heavy atom. The van der Waals surface area contributed by atoms with Crippen LogP contribution in [0.15, 0.2) is 41.3 Å². The van der Waals surface area contributed by atoms with E-state index >= 15 is 0 Å². The topological polar surface area (TPSA) is 219 Å². The average molecular weight is 644 g/mol. The summed E-state index contributed by atoms with van der Waals surface area (Å²) < 4.78 is 37.3. The van der Waals surface area contributed by atoms with Gasteiger partial charge in [-0.2, -0.15) is 9.97 Å². The van der Waals surface area contributed by atoms with Crippen LogP contribution in [-0.4, -0.2) is 86.0 Å². The first-order valence-electron chi connectivity index (χ1n) is 11.1. The molecule has 0 aliphatic heterocycles. The second kappa shape index (κ2) is 14.8. The zero-order chi connectivity index (χ0) is 31.6. The van der Waals surface area contributed by atoms with E-state index in [1.807, 2.05) is 0 Å².